The van der Waals surface area contributed by atoms with Crippen LogP contribution < -0.4 is 30.9 Å². The summed E-state index contributed by atoms with van der Waals surface area (Å²) in [5.74, 6) is -6.44. The first kappa shape index (κ1) is 97.3. The number of carboxylic acids is 3. The van der Waals surface area contributed by atoms with Gasteiger partial charge in [-0.25, -0.2) is 22.8 Å². The Morgan fingerprint density at radius 1 is 0.602 bits per heavy atom. The van der Waals surface area contributed by atoms with Crippen LogP contribution in [0.5, 0.6) is 5.75 Å². The minimum atomic E-state index is -4.40. The third-order valence-corrected chi connectivity index (χ3v) is 21.2. The van der Waals surface area contributed by atoms with Gasteiger partial charge in [-0.3, -0.25) is 28.5 Å². The maximum absolute atomic E-state index is 14.3. The number of hydrogen-bond donors (Lipinski definition) is 8. The number of Topliss-reactive ketones (excluding diaryl/α,β-unsaturated/α-hetero) is 2. The number of urea groups is 1. The lowest BCUT2D eigenvalue weighted by atomic mass is 9.81. The number of nitrogens with one attached hydrogen (secondary N) is 4. The van der Waals surface area contributed by atoms with E-state index in [0.717, 1.165) is 62.6 Å². The summed E-state index contributed by atoms with van der Waals surface area (Å²) in [5, 5.41) is 39.4. The second-order valence-electron chi connectivity index (χ2n) is 29.0. The van der Waals surface area contributed by atoms with E-state index >= 15 is 0 Å². The number of carboxylic acid groups (broad SMARTS) is 3. The summed E-state index contributed by atoms with van der Waals surface area (Å²) in [4.78, 5) is 122. The van der Waals surface area contributed by atoms with Crippen LogP contribution in [0.4, 0.5) is 16.2 Å². The molecule has 3 aliphatic rings. The highest BCUT2D eigenvalue weighted by atomic mass is 32.2. The van der Waals surface area contributed by atoms with Gasteiger partial charge in [-0.05, 0) is 155 Å². The van der Waals surface area contributed by atoms with E-state index in [2.05, 4.69) is 94.9 Å². The predicted octanol–water partition coefficient (Wildman–Crippen LogP) is 8.33. The standard InChI is InChI=1S/C81H98N6O18S2.CO2.2O3S/c1-80(2)63-29-11-13-31-68(63)86(47-17-19-49-106(99,100)101)71(80)44-38-58-27-21-28-59(39-45-72-81(3,4)64-30-12-14-32-69(64)87(72)48-18-20-50-107(102,103)104)75(58)105-62-41-36-57(37-42-62)53-67(78(96)97)83-73(90)34-16-15-33-70(89)66(52-56-25-9-6-10-26-56)84-76(93)60(51-55-23-7-5-8-24-55)54-61(88)40-43-65(77(94)95)85-79(98)82-46-22-35-74(91)92;2-1-3;2*1-4(2)3/h5-14,23-26,29-32,36-39,41-42,44-45,60,65-67H,15-22,27-28,33-35,40,43,46-54H2,1-4H3,(H8-,82,83,84,85,90,91,92,93,94,95,96,97,98,99,100,101,102,103,104);;;/t60-,65+,66+,67+;;;/m1.../s1. The lowest BCUT2D eigenvalue weighted by Gasteiger charge is -2.28. The van der Waals surface area contributed by atoms with Gasteiger partial charge < -0.3 is 50.8 Å². The third-order valence-electron chi connectivity index (χ3n) is 19.6. The summed E-state index contributed by atoms with van der Waals surface area (Å²) in [6, 6.07) is 36.3. The number of anilines is 1. The van der Waals surface area contributed by atoms with Crippen molar-refractivity contribution in [2.24, 2.45) is 5.92 Å². The van der Waals surface area contributed by atoms with E-state index in [1.165, 1.54) is 0 Å². The molecule has 2 heterocycles. The lowest BCUT2D eigenvalue weighted by Crippen LogP contribution is -2.47. The number of fused-ring (bicyclic) bond motifs is 2. The first-order valence-corrected chi connectivity index (χ1v) is 43.0. The molecule has 32 nitrogen and oxygen atoms in total. The molecule has 1 aliphatic carbocycles. The first-order chi connectivity index (χ1) is 55.7. The van der Waals surface area contributed by atoms with Gasteiger partial charge >= 0.3 is 51.3 Å². The predicted molar refractivity (Wildman–Crippen MR) is 429 cm³/mol. The minimum Gasteiger partial charge on any atom is -0.748 e. The second-order valence-corrected chi connectivity index (χ2v) is 32.9. The van der Waals surface area contributed by atoms with E-state index in [1.54, 1.807) is 84.9 Å². The number of unbranched alkanes of at least 4 members (excludes halogenated alkanes) is 3. The van der Waals surface area contributed by atoms with Crippen molar-refractivity contribution in [3.8, 4) is 5.75 Å². The topological polar surface area (TPSA) is 509 Å². The quantitative estimate of drug-likeness (QED) is 0.0103. The van der Waals surface area contributed by atoms with Crippen LogP contribution in [0.3, 0.4) is 0 Å². The van der Waals surface area contributed by atoms with E-state index in [1.807, 2.05) is 36.4 Å². The Labute approximate surface area is 687 Å². The van der Waals surface area contributed by atoms with Gasteiger partial charge in [0.2, 0.25) is 17.5 Å². The molecule has 8 N–H and O–H groups in total. The van der Waals surface area contributed by atoms with E-state index < -0.39 is 124 Å². The fraction of sp³-hybridized carbons (Fsp3) is 0.415. The molecule has 118 heavy (non-hydrogen) atoms. The van der Waals surface area contributed by atoms with E-state index in [-0.39, 0.29) is 114 Å². The Kier molecular flexibility index (Phi) is 39.4. The number of allylic oxidation sites excluding steroid dienone is 7. The zero-order chi connectivity index (χ0) is 87.3. The van der Waals surface area contributed by atoms with Gasteiger partial charge in [0, 0.05) is 104 Å². The Hall–Kier alpha value is -11.3. The second kappa shape index (κ2) is 47.8. The largest absolute Gasteiger partial charge is 0.748 e. The highest BCUT2D eigenvalue weighted by Crippen LogP contribution is 2.48. The van der Waals surface area contributed by atoms with Crippen molar-refractivity contribution >= 4 is 112 Å². The molecule has 636 valence electrons. The Balaban J connectivity index is 0.00000212. The molecule has 36 heteroatoms. The van der Waals surface area contributed by atoms with E-state index in [0.29, 0.717) is 55.8 Å². The van der Waals surface area contributed by atoms with Crippen molar-refractivity contribution in [2.45, 2.75) is 179 Å². The summed E-state index contributed by atoms with van der Waals surface area (Å²) in [5.41, 5.74) is 9.00. The average Bonchev–Trinajstić information content (AvgIpc) is 1.60. The van der Waals surface area contributed by atoms with Crippen LogP contribution in [0.25, 0.3) is 0 Å². The van der Waals surface area contributed by atoms with Gasteiger partial charge in [0.05, 0.1) is 27.3 Å². The number of aliphatic carboxylic acids is 3. The van der Waals surface area contributed by atoms with Gasteiger partial charge in [-0.2, -0.15) is 22.6 Å². The summed E-state index contributed by atoms with van der Waals surface area (Å²) < 4.78 is 128. The maximum atomic E-state index is 14.3. The van der Waals surface area contributed by atoms with Crippen LogP contribution in [-0.4, -0.2) is 180 Å². The molecule has 0 saturated heterocycles. The van der Waals surface area contributed by atoms with Gasteiger partial charge in [0.1, 0.15) is 35.9 Å². The third kappa shape index (κ3) is 33.4. The number of carbonyl (C=O) groups excluding carboxylic acids is 7. The van der Waals surface area contributed by atoms with Gasteiger partial charge in [0.15, 0.2) is 11.5 Å². The van der Waals surface area contributed by atoms with Crippen molar-refractivity contribution < 1.29 is 124 Å². The fourth-order valence-electron chi connectivity index (χ4n) is 14.0. The van der Waals surface area contributed by atoms with Crippen LogP contribution in [0.15, 0.2) is 180 Å². The Morgan fingerprint density at radius 2 is 1.16 bits per heavy atom. The highest BCUT2D eigenvalue weighted by Gasteiger charge is 2.45. The monoisotopic (exact) mass is 1710 g/mol. The Bertz CT molecular complexity index is 5010. The average molecular weight is 1710 g/mol. The van der Waals surface area contributed by atoms with Crippen molar-refractivity contribution in [3.63, 3.8) is 0 Å². The van der Waals surface area contributed by atoms with Crippen molar-refractivity contribution in [1.82, 2.24) is 21.3 Å². The smallest absolute Gasteiger partial charge is 0.425 e. The number of benzene rings is 5. The van der Waals surface area contributed by atoms with Crippen LogP contribution in [0, 0.1) is 5.92 Å². The maximum Gasteiger partial charge on any atom is 0.425 e. The molecule has 4 atom stereocenters. The number of hydrogen-bond acceptors (Lipinski definition) is 23. The number of ether oxygens (including phenoxy) is 1. The zero-order valence-electron chi connectivity index (χ0n) is 65.6. The van der Waals surface area contributed by atoms with Gasteiger partial charge in [-0.15, -0.1) is 25.3 Å². The molecule has 4 amide bonds. The summed E-state index contributed by atoms with van der Waals surface area (Å²) in [6.07, 6.45) is 11.3. The molecule has 0 unspecified atom stereocenters. The summed E-state index contributed by atoms with van der Waals surface area (Å²) >= 11 is 0. The van der Waals surface area contributed by atoms with Crippen molar-refractivity contribution in [3.05, 3.63) is 208 Å². The number of rotatable bonds is 42. The van der Waals surface area contributed by atoms with Crippen molar-refractivity contribution in [1.29, 1.82) is 0 Å². The van der Waals surface area contributed by atoms with Crippen LogP contribution in [0.2, 0.25) is 0 Å². The molecule has 0 radical (unpaired) electrons. The number of para-hydroxylation sites is 2. The number of amides is 4. The number of carbonyl (C=O) groups is 8. The minimum absolute atomic E-state index is 0.0224. The summed E-state index contributed by atoms with van der Waals surface area (Å²) in [6.45, 7) is 9.49. The molecule has 2 aliphatic heterocycles. The highest BCUT2D eigenvalue weighted by molar-refractivity contribution is 7.86. The number of nitrogens with zero attached hydrogens (tertiary/aromatic N) is 2. The zero-order valence-corrected chi connectivity index (χ0v) is 68.9. The Morgan fingerprint density at radius 3 is 1.76 bits per heavy atom. The summed E-state index contributed by atoms with van der Waals surface area (Å²) in [7, 11) is -14.8. The molecular weight excluding hydrogens is 1610 g/mol. The molecule has 8 rings (SSSR count). The lowest BCUT2D eigenvalue weighted by molar-refractivity contribution is -0.438. The normalized spacial score (nSPS) is 15.5. The fourth-order valence-corrected chi connectivity index (χ4v) is 15.1. The molecule has 5 aromatic carbocycles. The molecule has 0 spiro atoms. The van der Waals surface area contributed by atoms with E-state index in [9.17, 15) is 74.5 Å². The van der Waals surface area contributed by atoms with Crippen molar-refractivity contribution in [2.75, 3.05) is 36.0 Å². The molecule has 0 fully saturated rings. The van der Waals surface area contributed by atoms with E-state index in [4.69, 9.17) is 44.7 Å². The van der Waals surface area contributed by atoms with Crippen LogP contribution >= 0.6 is 0 Å². The first-order valence-electron chi connectivity index (χ1n) is 37.8. The molecule has 0 aromatic heterocycles. The SMILES string of the molecule is CC1(C)C(=CC=C2CCCC(C=CC3=[N+](CCCCS(=O)(=O)O)c4ccccc4C3(C)C)=C2Oc2ccc(C[C@H](NC(=O)CCCCC(=O)[C@H](Cc3ccccc3)NC(=O)[C@@H](CC(=O)CC[C@H](NC(=O)NCCCC(=O)O)C(=O)O)Cc3ccccc3)C(=O)O)cc2)N(CCCCS(=O)(=O)[O-])c2ccccc21.O=C=O.O=S(=O)=O.O=S(=O)=O. The van der Waals surface area contributed by atoms with Crippen LogP contribution in [-0.2, 0) is 115 Å². The molecular formula is C82H98N6O26S4. The molecule has 0 bridgehead atoms. The number of ketones is 2. The van der Waals surface area contributed by atoms with Gasteiger partial charge in [0.25, 0.3) is 10.1 Å². The molecule has 5 aromatic rings. The van der Waals surface area contributed by atoms with Gasteiger partial charge in [-0.1, -0.05) is 129 Å². The molecule has 0 saturated carbocycles. The van der Waals surface area contributed by atoms with Crippen LogP contribution in [0.1, 0.15) is 158 Å².